The second-order valence-corrected chi connectivity index (χ2v) is 7.71. The summed E-state index contributed by atoms with van der Waals surface area (Å²) < 4.78 is 31.5. The van der Waals surface area contributed by atoms with E-state index in [1.165, 1.54) is 19.2 Å². The number of ether oxygens (including phenoxy) is 1. The van der Waals surface area contributed by atoms with Crippen molar-refractivity contribution in [1.29, 1.82) is 0 Å². The van der Waals surface area contributed by atoms with E-state index in [0.29, 0.717) is 19.8 Å². The van der Waals surface area contributed by atoms with Crippen LogP contribution in [0.1, 0.15) is 24.5 Å². The molecule has 2 rings (SSSR count). The monoisotopic (exact) mass is 393 g/mol. The van der Waals surface area contributed by atoms with Crippen LogP contribution in [0.15, 0.2) is 47.4 Å². The smallest absolute Gasteiger partial charge is 0.293 e. The van der Waals surface area contributed by atoms with Gasteiger partial charge in [0.25, 0.3) is 5.69 Å². The summed E-state index contributed by atoms with van der Waals surface area (Å²) in [5.41, 5.74) is 1.90. The fourth-order valence-electron chi connectivity index (χ4n) is 2.48. The highest BCUT2D eigenvalue weighted by Gasteiger charge is 2.20. The molecule has 0 aliphatic heterocycles. The molecule has 8 nitrogen and oxygen atoms in total. The summed E-state index contributed by atoms with van der Waals surface area (Å²) in [6, 6.07) is 11.4. The van der Waals surface area contributed by atoms with E-state index in [9.17, 15) is 18.5 Å². The minimum atomic E-state index is -3.76. The third-order valence-electron chi connectivity index (χ3n) is 3.94. The maximum atomic E-state index is 11.9. The van der Waals surface area contributed by atoms with Gasteiger partial charge in [-0.15, -0.1) is 0 Å². The third-order valence-corrected chi connectivity index (χ3v) is 5.35. The number of rotatable bonds is 10. The van der Waals surface area contributed by atoms with E-state index in [4.69, 9.17) is 4.74 Å². The number of anilines is 1. The zero-order valence-electron chi connectivity index (χ0n) is 15.3. The highest BCUT2D eigenvalue weighted by atomic mass is 32.2. The third kappa shape index (κ3) is 5.49. The number of hydrogen-bond donors (Lipinski definition) is 2. The number of nitrogens with zero attached hydrogens (tertiary/aromatic N) is 1. The molecule has 0 radical (unpaired) electrons. The van der Waals surface area contributed by atoms with E-state index >= 15 is 0 Å². The molecule has 0 aliphatic rings. The Morgan fingerprint density at radius 1 is 1.15 bits per heavy atom. The molecule has 0 aromatic heterocycles. The molecule has 0 spiro atoms. The summed E-state index contributed by atoms with van der Waals surface area (Å²) in [7, 11) is -2.50. The normalized spacial score (nSPS) is 11.3. The van der Waals surface area contributed by atoms with Crippen LogP contribution in [0.3, 0.4) is 0 Å². The number of hydrogen-bond acceptors (Lipinski definition) is 6. The molecule has 27 heavy (non-hydrogen) atoms. The topological polar surface area (TPSA) is 111 Å². The quantitative estimate of drug-likeness (QED) is 0.365. The number of sulfonamides is 1. The van der Waals surface area contributed by atoms with Crippen molar-refractivity contribution in [3.05, 3.63) is 63.7 Å². The zero-order chi connectivity index (χ0) is 19.9. The Kier molecular flexibility index (Phi) is 7.28. The van der Waals surface area contributed by atoms with E-state index in [1.807, 2.05) is 31.2 Å². The molecule has 0 saturated carbocycles. The van der Waals surface area contributed by atoms with Gasteiger partial charge < -0.3 is 10.1 Å². The van der Waals surface area contributed by atoms with Gasteiger partial charge in [0.1, 0.15) is 5.69 Å². The fraction of sp³-hybridized carbons (Fsp3) is 0.333. The Bertz CT molecular complexity index is 900. The first kappa shape index (κ1) is 20.8. The Hall–Kier alpha value is -2.49. The van der Waals surface area contributed by atoms with Crippen LogP contribution in [0.4, 0.5) is 11.4 Å². The molecule has 9 heteroatoms. The first-order valence-electron chi connectivity index (χ1n) is 8.49. The Labute approximate surface area is 158 Å². The first-order chi connectivity index (χ1) is 12.9. The van der Waals surface area contributed by atoms with Gasteiger partial charge in [0.2, 0.25) is 10.0 Å². The molecule has 146 valence electrons. The van der Waals surface area contributed by atoms with Gasteiger partial charge in [0.05, 0.1) is 16.4 Å². The van der Waals surface area contributed by atoms with Crippen molar-refractivity contribution < 1.29 is 18.1 Å². The predicted molar refractivity (Wildman–Crippen MR) is 103 cm³/mol. The molecular formula is C18H23N3O5S. The summed E-state index contributed by atoms with van der Waals surface area (Å²) in [6.07, 6.45) is 0.925. The summed E-state index contributed by atoms with van der Waals surface area (Å²) >= 11 is 0. The lowest BCUT2D eigenvalue weighted by molar-refractivity contribution is -0.384. The minimum absolute atomic E-state index is 0.157. The summed E-state index contributed by atoms with van der Waals surface area (Å²) in [4.78, 5) is 10.6. The second-order valence-electron chi connectivity index (χ2n) is 5.82. The summed E-state index contributed by atoms with van der Waals surface area (Å²) in [5.74, 6) is 0. The highest BCUT2D eigenvalue weighted by Crippen LogP contribution is 2.28. The average molecular weight is 393 g/mol. The number of benzene rings is 2. The molecule has 0 atom stereocenters. The van der Waals surface area contributed by atoms with Crippen molar-refractivity contribution in [1.82, 2.24) is 4.72 Å². The van der Waals surface area contributed by atoms with Gasteiger partial charge in [-0.05, 0) is 36.7 Å². The molecule has 0 fully saturated rings. The van der Waals surface area contributed by atoms with Crippen LogP contribution in [0.25, 0.3) is 0 Å². The standard InChI is InChI=1S/C18H23N3O5S/c1-3-10-26-13-15-7-5-4-6-14(15)12-20-17-9-8-16(27(24,25)19-2)11-18(17)21(22)23/h4-9,11,19-20H,3,10,12-13H2,1-2H3. The predicted octanol–water partition coefficient (Wildman–Crippen LogP) is 3.04. The van der Waals surface area contributed by atoms with Crippen LogP contribution in [-0.2, 0) is 27.9 Å². The number of nitro groups is 1. The Balaban J connectivity index is 2.22. The maximum absolute atomic E-state index is 11.9. The van der Waals surface area contributed by atoms with Crippen LogP contribution in [0.2, 0.25) is 0 Å². The van der Waals surface area contributed by atoms with E-state index in [2.05, 4.69) is 10.0 Å². The lowest BCUT2D eigenvalue weighted by atomic mass is 10.1. The fourth-order valence-corrected chi connectivity index (χ4v) is 3.23. The highest BCUT2D eigenvalue weighted by molar-refractivity contribution is 7.89. The molecule has 0 amide bonds. The molecule has 0 saturated heterocycles. The van der Waals surface area contributed by atoms with Gasteiger partial charge in [-0.25, -0.2) is 13.1 Å². The van der Waals surface area contributed by atoms with Crippen molar-refractivity contribution in [2.75, 3.05) is 19.0 Å². The maximum Gasteiger partial charge on any atom is 0.293 e. The van der Waals surface area contributed by atoms with Gasteiger partial charge in [-0.1, -0.05) is 31.2 Å². The van der Waals surface area contributed by atoms with Crippen molar-refractivity contribution in [3.63, 3.8) is 0 Å². The largest absolute Gasteiger partial charge is 0.377 e. The van der Waals surface area contributed by atoms with Crippen LogP contribution >= 0.6 is 0 Å². The van der Waals surface area contributed by atoms with E-state index in [-0.39, 0.29) is 16.3 Å². The van der Waals surface area contributed by atoms with Crippen LogP contribution < -0.4 is 10.0 Å². The van der Waals surface area contributed by atoms with Crippen molar-refractivity contribution in [2.24, 2.45) is 0 Å². The molecule has 2 N–H and O–H groups in total. The van der Waals surface area contributed by atoms with Crippen molar-refractivity contribution >= 4 is 21.4 Å². The molecule has 0 heterocycles. The van der Waals surface area contributed by atoms with Crippen molar-refractivity contribution in [2.45, 2.75) is 31.4 Å². The number of nitro benzene ring substituents is 1. The molecule has 0 unspecified atom stereocenters. The van der Waals surface area contributed by atoms with E-state index in [1.54, 1.807) is 0 Å². The second kappa shape index (κ2) is 9.45. The molecule has 2 aromatic carbocycles. The van der Waals surface area contributed by atoms with Gasteiger partial charge in [0, 0.05) is 19.2 Å². The van der Waals surface area contributed by atoms with Crippen LogP contribution in [0.5, 0.6) is 0 Å². The van der Waals surface area contributed by atoms with Gasteiger partial charge in [0.15, 0.2) is 0 Å². The van der Waals surface area contributed by atoms with Gasteiger partial charge in [-0.3, -0.25) is 10.1 Å². The Morgan fingerprint density at radius 2 is 1.85 bits per heavy atom. The molecule has 0 bridgehead atoms. The van der Waals surface area contributed by atoms with E-state index < -0.39 is 14.9 Å². The lowest BCUT2D eigenvalue weighted by Crippen LogP contribution is -2.18. The van der Waals surface area contributed by atoms with Crippen LogP contribution in [-0.4, -0.2) is 27.0 Å². The van der Waals surface area contributed by atoms with Crippen LogP contribution in [0, 0.1) is 10.1 Å². The van der Waals surface area contributed by atoms with E-state index in [0.717, 1.165) is 23.6 Å². The summed E-state index contributed by atoms with van der Waals surface area (Å²) in [5, 5.41) is 14.4. The molecular weight excluding hydrogens is 370 g/mol. The molecule has 0 aliphatic carbocycles. The molecule has 2 aromatic rings. The SMILES string of the molecule is CCCOCc1ccccc1CNc1ccc(S(=O)(=O)NC)cc1[N+](=O)[O-]. The lowest BCUT2D eigenvalue weighted by Gasteiger charge is -2.12. The zero-order valence-corrected chi connectivity index (χ0v) is 16.1. The number of nitrogens with one attached hydrogen (secondary N) is 2. The average Bonchev–Trinajstić information content (AvgIpc) is 2.67. The van der Waals surface area contributed by atoms with Gasteiger partial charge in [-0.2, -0.15) is 0 Å². The Morgan fingerprint density at radius 3 is 2.48 bits per heavy atom. The first-order valence-corrected chi connectivity index (χ1v) is 9.97. The van der Waals surface area contributed by atoms with Gasteiger partial charge >= 0.3 is 0 Å². The summed E-state index contributed by atoms with van der Waals surface area (Å²) in [6.45, 7) is 3.51. The van der Waals surface area contributed by atoms with Crippen molar-refractivity contribution in [3.8, 4) is 0 Å². The minimum Gasteiger partial charge on any atom is -0.377 e.